The van der Waals surface area contributed by atoms with E-state index in [1.807, 2.05) is 53.1 Å². The Morgan fingerprint density at radius 2 is 2.03 bits per heavy atom. The summed E-state index contributed by atoms with van der Waals surface area (Å²) in [6.45, 7) is 2.35. The van der Waals surface area contributed by atoms with Gasteiger partial charge in [-0.1, -0.05) is 18.2 Å². The van der Waals surface area contributed by atoms with Gasteiger partial charge in [-0.15, -0.1) is 34.2 Å². The fraction of sp³-hybridized carbons (Fsp3) is 0.364. The van der Waals surface area contributed by atoms with Crippen molar-refractivity contribution < 1.29 is 9.53 Å². The molecule has 0 saturated carbocycles. The van der Waals surface area contributed by atoms with E-state index in [9.17, 15) is 4.79 Å². The van der Waals surface area contributed by atoms with Crippen LogP contribution in [-0.4, -0.2) is 52.8 Å². The lowest BCUT2D eigenvalue weighted by molar-refractivity contribution is 0.0857. The number of halogens is 1. The van der Waals surface area contributed by atoms with Crippen molar-refractivity contribution >= 4 is 41.5 Å². The standard InChI is InChI=1S/C22H27N7O2.HI/c1-23-22(26-15-20-28-27-19-9-2-3-10-29(19)20)25-13-16-6-4-7-17(12-16)21(30)24-14-18-8-5-11-31-18;/h2-4,6-7,9-10,12,18H,5,8,11,13-15H2,1H3,(H,24,30)(H2,23,25,26);1H. The molecule has 1 atom stereocenters. The molecule has 1 aliphatic heterocycles. The van der Waals surface area contributed by atoms with E-state index in [1.165, 1.54) is 0 Å². The van der Waals surface area contributed by atoms with Gasteiger partial charge in [0, 0.05) is 38.5 Å². The average Bonchev–Trinajstić information content (AvgIpc) is 3.48. The van der Waals surface area contributed by atoms with Crippen molar-refractivity contribution in [2.45, 2.75) is 32.0 Å². The maximum absolute atomic E-state index is 12.5. The second-order valence-electron chi connectivity index (χ2n) is 7.37. The van der Waals surface area contributed by atoms with Crippen molar-refractivity contribution in [3.05, 3.63) is 65.6 Å². The van der Waals surface area contributed by atoms with Gasteiger partial charge in [-0.2, -0.15) is 0 Å². The van der Waals surface area contributed by atoms with E-state index in [-0.39, 0.29) is 36.0 Å². The molecule has 1 aromatic carbocycles. The van der Waals surface area contributed by atoms with Crippen molar-refractivity contribution in [1.82, 2.24) is 30.5 Å². The molecule has 2 aromatic heterocycles. The smallest absolute Gasteiger partial charge is 0.251 e. The first-order chi connectivity index (χ1) is 15.2. The molecule has 0 radical (unpaired) electrons. The molecular weight excluding hydrogens is 521 g/mol. The van der Waals surface area contributed by atoms with E-state index in [2.05, 4.69) is 31.1 Å². The van der Waals surface area contributed by atoms with Crippen molar-refractivity contribution in [2.75, 3.05) is 20.2 Å². The summed E-state index contributed by atoms with van der Waals surface area (Å²) in [5.74, 6) is 1.35. The molecule has 0 bridgehead atoms. The lowest BCUT2D eigenvalue weighted by Crippen LogP contribution is -2.36. The third-order valence-electron chi connectivity index (χ3n) is 5.19. The number of ether oxygens (including phenoxy) is 1. The van der Waals surface area contributed by atoms with Gasteiger partial charge >= 0.3 is 0 Å². The van der Waals surface area contributed by atoms with Crippen LogP contribution < -0.4 is 16.0 Å². The maximum Gasteiger partial charge on any atom is 0.251 e. The summed E-state index contributed by atoms with van der Waals surface area (Å²) < 4.78 is 7.49. The molecule has 10 heteroatoms. The maximum atomic E-state index is 12.5. The minimum absolute atomic E-state index is 0. The number of aliphatic imine (C=N–C) groups is 1. The third kappa shape index (κ3) is 6.16. The number of benzene rings is 1. The fourth-order valence-corrected chi connectivity index (χ4v) is 3.52. The Labute approximate surface area is 204 Å². The van der Waals surface area contributed by atoms with E-state index in [4.69, 9.17) is 4.74 Å². The molecule has 4 rings (SSSR count). The molecule has 0 aliphatic carbocycles. The van der Waals surface area contributed by atoms with Crippen LogP contribution in [0.3, 0.4) is 0 Å². The normalized spacial score (nSPS) is 15.9. The number of amides is 1. The molecule has 9 nitrogen and oxygen atoms in total. The number of guanidine groups is 1. The summed E-state index contributed by atoms with van der Waals surface area (Å²) in [4.78, 5) is 16.7. The number of fused-ring (bicyclic) bond motifs is 1. The van der Waals surface area contributed by atoms with Gasteiger partial charge in [0.15, 0.2) is 17.4 Å². The van der Waals surface area contributed by atoms with Gasteiger partial charge in [0.2, 0.25) is 0 Å². The number of hydrogen-bond acceptors (Lipinski definition) is 5. The Kier molecular flexibility index (Phi) is 8.80. The molecular formula is C22H28IN7O2. The molecule has 1 amide bonds. The second-order valence-corrected chi connectivity index (χ2v) is 7.37. The van der Waals surface area contributed by atoms with E-state index in [1.54, 1.807) is 7.05 Å². The number of aromatic nitrogens is 3. The summed E-state index contributed by atoms with van der Waals surface area (Å²) >= 11 is 0. The zero-order chi connectivity index (χ0) is 21.5. The van der Waals surface area contributed by atoms with Gasteiger partial charge in [0.05, 0.1) is 12.6 Å². The molecule has 3 heterocycles. The largest absolute Gasteiger partial charge is 0.376 e. The van der Waals surface area contributed by atoms with E-state index < -0.39 is 0 Å². The van der Waals surface area contributed by atoms with E-state index in [0.717, 1.165) is 36.5 Å². The quantitative estimate of drug-likeness (QED) is 0.237. The van der Waals surface area contributed by atoms with Crippen LogP contribution in [0, 0.1) is 0 Å². The Hall–Kier alpha value is -2.73. The lowest BCUT2D eigenvalue weighted by atomic mass is 10.1. The molecule has 1 saturated heterocycles. The van der Waals surface area contributed by atoms with Gasteiger partial charge < -0.3 is 20.7 Å². The first kappa shape index (κ1) is 23.9. The number of rotatable bonds is 7. The molecule has 32 heavy (non-hydrogen) atoms. The number of carbonyl (C=O) groups is 1. The summed E-state index contributed by atoms with van der Waals surface area (Å²) in [7, 11) is 1.71. The zero-order valence-corrected chi connectivity index (χ0v) is 20.3. The van der Waals surface area contributed by atoms with Crippen LogP contribution in [0.15, 0.2) is 53.7 Å². The Morgan fingerprint density at radius 1 is 1.16 bits per heavy atom. The van der Waals surface area contributed by atoms with Crippen molar-refractivity contribution in [1.29, 1.82) is 0 Å². The summed E-state index contributed by atoms with van der Waals surface area (Å²) in [6, 6.07) is 13.3. The molecule has 1 fully saturated rings. The minimum atomic E-state index is -0.0847. The highest BCUT2D eigenvalue weighted by molar-refractivity contribution is 14.0. The molecule has 3 N–H and O–H groups in total. The van der Waals surface area contributed by atoms with Crippen LogP contribution in [0.1, 0.15) is 34.6 Å². The monoisotopic (exact) mass is 549 g/mol. The topological polar surface area (TPSA) is 105 Å². The van der Waals surface area contributed by atoms with Crippen LogP contribution in [-0.2, 0) is 17.8 Å². The first-order valence-corrected chi connectivity index (χ1v) is 10.4. The Bertz CT molecular complexity index is 1060. The van der Waals surface area contributed by atoms with Gasteiger partial charge in [-0.05, 0) is 42.7 Å². The van der Waals surface area contributed by atoms with Crippen LogP contribution in [0.2, 0.25) is 0 Å². The predicted molar refractivity (Wildman–Crippen MR) is 133 cm³/mol. The average molecular weight is 549 g/mol. The Balaban J connectivity index is 0.00000289. The number of hydrogen-bond donors (Lipinski definition) is 3. The van der Waals surface area contributed by atoms with Crippen molar-refractivity contribution in [3.63, 3.8) is 0 Å². The number of nitrogens with one attached hydrogen (secondary N) is 3. The number of carbonyl (C=O) groups excluding carboxylic acids is 1. The van der Waals surface area contributed by atoms with Crippen molar-refractivity contribution in [3.8, 4) is 0 Å². The zero-order valence-electron chi connectivity index (χ0n) is 18.0. The molecule has 170 valence electrons. The van der Waals surface area contributed by atoms with Gasteiger partial charge in [-0.3, -0.25) is 14.2 Å². The highest BCUT2D eigenvalue weighted by atomic mass is 127. The van der Waals surface area contributed by atoms with Crippen LogP contribution >= 0.6 is 24.0 Å². The first-order valence-electron chi connectivity index (χ1n) is 10.4. The number of pyridine rings is 1. The highest BCUT2D eigenvalue weighted by Crippen LogP contribution is 2.11. The van der Waals surface area contributed by atoms with Crippen LogP contribution in [0.4, 0.5) is 0 Å². The molecule has 1 unspecified atom stereocenters. The van der Waals surface area contributed by atoms with Gasteiger partial charge in [0.1, 0.15) is 0 Å². The SMILES string of the molecule is CN=C(NCc1cccc(C(=O)NCC2CCCO2)c1)NCc1nnc2ccccn12.I. The van der Waals surface area contributed by atoms with Crippen LogP contribution in [0.25, 0.3) is 5.65 Å². The van der Waals surface area contributed by atoms with Crippen molar-refractivity contribution in [2.24, 2.45) is 4.99 Å². The van der Waals surface area contributed by atoms with Gasteiger partial charge in [-0.25, -0.2) is 0 Å². The lowest BCUT2D eigenvalue weighted by Gasteiger charge is -2.13. The van der Waals surface area contributed by atoms with E-state index in [0.29, 0.717) is 31.2 Å². The van der Waals surface area contributed by atoms with E-state index >= 15 is 0 Å². The second kappa shape index (κ2) is 11.8. The summed E-state index contributed by atoms with van der Waals surface area (Å²) in [5, 5.41) is 17.8. The third-order valence-corrected chi connectivity index (χ3v) is 5.19. The molecule has 1 aliphatic rings. The molecule has 0 spiro atoms. The summed E-state index contributed by atoms with van der Waals surface area (Å²) in [5.41, 5.74) is 2.42. The van der Waals surface area contributed by atoms with Crippen LogP contribution in [0.5, 0.6) is 0 Å². The summed E-state index contributed by atoms with van der Waals surface area (Å²) in [6.07, 6.45) is 4.12. The predicted octanol–water partition coefficient (Wildman–Crippen LogP) is 2.12. The molecule has 3 aromatic rings. The number of nitrogens with zero attached hydrogens (tertiary/aromatic N) is 4. The Morgan fingerprint density at radius 3 is 2.84 bits per heavy atom. The fourth-order valence-electron chi connectivity index (χ4n) is 3.52. The highest BCUT2D eigenvalue weighted by Gasteiger charge is 2.16. The van der Waals surface area contributed by atoms with Gasteiger partial charge in [0.25, 0.3) is 5.91 Å². The minimum Gasteiger partial charge on any atom is -0.376 e.